The molecular formula is C16H19NO4. The summed E-state index contributed by atoms with van der Waals surface area (Å²) in [4.78, 5) is 36.4. The first-order valence-corrected chi connectivity index (χ1v) is 7.05. The van der Waals surface area contributed by atoms with Gasteiger partial charge in [-0.05, 0) is 25.3 Å². The van der Waals surface area contributed by atoms with Crippen molar-refractivity contribution in [2.24, 2.45) is 0 Å². The van der Waals surface area contributed by atoms with Crippen molar-refractivity contribution in [1.29, 1.82) is 0 Å². The fourth-order valence-electron chi connectivity index (χ4n) is 2.61. The maximum absolute atomic E-state index is 12.2. The summed E-state index contributed by atoms with van der Waals surface area (Å²) in [7, 11) is 0. The Labute approximate surface area is 123 Å². The summed E-state index contributed by atoms with van der Waals surface area (Å²) in [6, 6.07) is 8.06. The molecule has 0 radical (unpaired) electrons. The SMILES string of the molecule is CC(=O)C(C=O)N1CCCC1C(=O)OCc1ccccc1. The lowest BCUT2D eigenvalue weighted by molar-refractivity contribution is -0.151. The zero-order chi connectivity index (χ0) is 15.2. The highest BCUT2D eigenvalue weighted by Gasteiger charge is 2.38. The first-order chi connectivity index (χ1) is 10.1. The third kappa shape index (κ3) is 3.76. The van der Waals surface area contributed by atoms with Crippen LogP contribution in [0.25, 0.3) is 0 Å². The van der Waals surface area contributed by atoms with Crippen molar-refractivity contribution in [3.05, 3.63) is 35.9 Å². The minimum absolute atomic E-state index is 0.204. The molecule has 1 heterocycles. The van der Waals surface area contributed by atoms with Crippen molar-refractivity contribution in [2.45, 2.75) is 38.5 Å². The fourth-order valence-corrected chi connectivity index (χ4v) is 2.61. The Morgan fingerprint density at radius 3 is 2.71 bits per heavy atom. The van der Waals surface area contributed by atoms with Crippen LogP contribution in [0.4, 0.5) is 0 Å². The first kappa shape index (κ1) is 15.4. The van der Waals surface area contributed by atoms with E-state index in [0.29, 0.717) is 19.3 Å². The molecule has 0 N–H and O–H groups in total. The lowest BCUT2D eigenvalue weighted by Gasteiger charge is -2.26. The summed E-state index contributed by atoms with van der Waals surface area (Å²) < 4.78 is 5.31. The van der Waals surface area contributed by atoms with Crippen LogP contribution in [-0.4, -0.2) is 41.6 Å². The maximum atomic E-state index is 12.2. The average molecular weight is 289 g/mol. The molecule has 1 aliphatic heterocycles. The van der Waals surface area contributed by atoms with Crippen molar-refractivity contribution < 1.29 is 19.1 Å². The van der Waals surface area contributed by atoms with E-state index in [-0.39, 0.29) is 18.4 Å². The van der Waals surface area contributed by atoms with Gasteiger partial charge in [0, 0.05) is 6.54 Å². The van der Waals surface area contributed by atoms with E-state index < -0.39 is 12.1 Å². The quantitative estimate of drug-likeness (QED) is 0.449. The van der Waals surface area contributed by atoms with Crippen LogP contribution in [0, 0.1) is 0 Å². The summed E-state index contributed by atoms with van der Waals surface area (Å²) in [5.74, 6) is -0.614. The zero-order valence-corrected chi connectivity index (χ0v) is 12.0. The number of rotatable bonds is 6. The predicted molar refractivity (Wildman–Crippen MR) is 76.5 cm³/mol. The smallest absolute Gasteiger partial charge is 0.323 e. The summed E-state index contributed by atoms with van der Waals surface area (Å²) in [5, 5.41) is 0. The molecule has 112 valence electrons. The molecular weight excluding hydrogens is 270 g/mol. The van der Waals surface area contributed by atoms with Crippen LogP contribution in [0.3, 0.4) is 0 Å². The molecule has 0 aliphatic carbocycles. The number of nitrogens with zero attached hydrogens (tertiary/aromatic N) is 1. The third-order valence-corrected chi connectivity index (χ3v) is 3.69. The molecule has 0 aromatic heterocycles. The van der Waals surface area contributed by atoms with Gasteiger partial charge in [-0.2, -0.15) is 0 Å². The van der Waals surface area contributed by atoms with Crippen LogP contribution in [0.2, 0.25) is 0 Å². The van der Waals surface area contributed by atoms with E-state index in [4.69, 9.17) is 4.74 Å². The normalized spacial score (nSPS) is 20.0. The van der Waals surface area contributed by atoms with Gasteiger partial charge in [0.1, 0.15) is 25.0 Å². The van der Waals surface area contributed by atoms with E-state index in [0.717, 1.165) is 12.0 Å². The molecule has 21 heavy (non-hydrogen) atoms. The van der Waals surface area contributed by atoms with Crippen LogP contribution in [0.1, 0.15) is 25.3 Å². The minimum Gasteiger partial charge on any atom is -0.460 e. The van der Waals surface area contributed by atoms with Gasteiger partial charge in [0.2, 0.25) is 0 Å². The molecule has 5 nitrogen and oxygen atoms in total. The van der Waals surface area contributed by atoms with E-state index >= 15 is 0 Å². The summed E-state index contributed by atoms with van der Waals surface area (Å²) >= 11 is 0. The Kier molecular flexibility index (Phi) is 5.22. The van der Waals surface area contributed by atoms with E-state index in [9.17, 15) is 14.4 Å². The van der Waals surface area contributed by atoms with Gasteiger partial charge in [-0.15, -0.1) is 0 Å². The van der Waals surface area contributed by atoms with Crippen molar-refractivity contribution >= 4 is 18.0 Å². The molecule has 5 heteroatoms. The van der Waals surface area contributed by atoms with Gasteiger partial charge in [-0.1, -0.05) is 30.3 Å². The number of ketones is 1. The molecule has 1 aromatic rings. The van der Waals surface area contributed by atoms with E-state index in [1.165, 1.54) is 6.92 Å². The van der Waals surface area contributed by atoms with Gasteiger partial charge in [0.25, 0.3) is 0 Å². The number of hydrogen-bond donors (Lipinski definition) is 0. The number of carbonyl (C=O) groups is 3. The van der Waals surface area contributed by atoms with Gasteiger partial charge in [0.05, 0.1) is 0 Å². The van der Waals surface area contributed by atoms with Gasteiger partial charge >= 0.3 is 5.97 Å². The highest BCUT2D eigenvalue weighted by Crippen LogP contribution is 2.21. The molecule has 1 saturated heterocycles. The van der Waals surface area contributed by atoms with Gasteiger partial charge in [-0.25, -0.2) is 0 Å². The van der Waals surface area contributed by atoms with E-state index in [1.807, 2.05) is 30.3 Å². The molecule has 0 bridgehead atoms. The first-order valence-electron chi connectivity index (χ1n) is 7.05. The van der Waals surface area contributed by atoms with Crippen molar-refractivity contribution in [2.75, 3.05) is 6.54 Å². The Balaban J connectivity index is 1.97. The van der Waals surface area contributed by atoms with E-state index in [2.05, 4.69) is 0 Å². The molecule has 1 fully saturated rings. The number of aldehydes is 1. The zero-order valence-electron chi connectivity index (χ0n) is 12.0. The second-order valence-corrected chi connectivity index (χ2v) is 5.18. The van der Waals surface area contributed by atoms with Crippen LogP contribution in [-0.2, 0) is 25.7 Å². The summed E-state index contributed by atoms with van der Waals surface area (Å²) in [6.07, 6.45) is 2.00. The largest absolute Gasteiger partial charge is 0.460 e. The van der Waals surface area contributed by atoms with Crippen LogP contribution >= 0.6 is 0 Å². The third-order valence-electron chi connectivity index (χ3n) is 3.69. The summed E-state index contributed by atoms with van der Waals surface area (Å²) in [5.41, 5.74) is 0.911. The van der Waals surface area contributed by atoms with Gasteiger partial charge < -0.3 is 9.53 Å². The second kappa shape index (κ2) is 7.13. The summed E-state index contributed by atoms with van der Waals surface area (Å²) in [6.45, 7) is 2.13. The number of ether oxygens (including phenoxy) is 1. The van der Waals surface area contributed by atoms with Crippen molar-refractivity contribution in [3.8, 4) is 0 Å². The topological polar surface area (TPSA) is 63.7 Å². The number of likely N-dealkylation sites (tertiary alicyclic amines) is 1. The number of esters is 1. The Hall–Kier alpha value is -2.01. The molecule has 2 atom stereocenters. The molecule has 1 aliphatic rings. The number of hydrogen-bond acceptors (Lipinski definition) is 5. The second-order valence-electron chi connectivity index (χ2n) is 5.18. The molecule has 0 amide bonds. The Bertz CT molecular complexity index is 514. The van der Waals surface area contributed by atoms with Crippen LogP contribution in [0.5, 0.6) is 0 Å². The van der Waals surface area contributed by atoms with E-state index in [1.54, 1.807) is 4.90 Å². The lowest BCUT2D eigenvalue weighted by atomic mass is 10.1. The molecule has 1 aromatic carbocycles. The van der Waals surface area contributed by atoms with Gasteiger partial charge in [0.15, 0.2) is 5.78 Å². The standard InChI is InChI=1S/C16H19NO4/c1-12(19)15(10-18)17-9-5-8-14(17)16(20)21-11-13-6-3-2-4-7-13/h2-4,6-7,10,14-15H,5,8-9,11H2,1H3. The van der Waals surface area contributed by atoms with Crippen molar-refractivity contribution in [3.63, 3.8) is 0 Å². The number of Topliss-reactive ketones (excluding diaryl/α,β-unsaturated/α-hetero) is 1. The average Bonchev–Trinajstić information content (AvgIpc) is 2.95. The number of benzene rings is 1. The lowest BCUT2D eigenvalue weighted by Crippen LogP contribution is -2.47. The van der Waals surface area contributed by atoms with Gasteiger partial charge in [-0.3, -0.25) is 14.5 Å². The van der Waals surface area contributed by atoms with Crippen LogP contribution < -0.4 is 0 Å². The number of carbonyl (C=O) groups excluding carboxylic acids is 3. The Morgan fingerprint density at radius 1 is 1.38 bits per heavy atom. The molecule has 0 spiro atoms. The fraction of sp³-hybridized carbons (Fsp3) is 0.438. The predicted octanol–water partition coefficient (Wildman–Crippen LogP) is 1.35. The Morgan fingerprint density at radius 2 is 2.10 bits per heavy atom. The molecule has 2 rings (SSSR count). The monoisotopic (exact) mass is 289 g/mol. The minimum atomic E-state index is -0.846. The molecule has 0 saturated carbocycles. The maximum Gasteiger partial charge on any atom is 0.323 e. The highest BCUT2D eigenvalue weighted by molar-refractivity contribution is 5.96. The van der Waals surface area contributed by atoms with Crippen LogP contribution in [0.15, 0.2) is 30.3 Å². The molecule has 2 unspecified atom stereocenters. The van der Waals surface area contributed by atoms with Crippen molar-refractivity contribution in [1.82, 2.24) is 4.90 Å². The highest BCUT2D eigenvalue weighted by atomic mass is 16.5.